The molecule has 2 atom stereocenters. The first-order chi connectivity index (χ1) is 35.5. The molecule has 73 heavy (non-hydrogen) atoms. The molecular formula is C59H62N4O10. The fraction of sp³-hybridized carbons (Fsp3) is 0.305. The maximum Gasteiger partial charge on any atom is 0.409 e. The number of amides is 1. The Kier molecular flexibility index (Phi) is 17.5. The molecule has 14 nitrogen and oxygen atoms in total. The molecule has 14 heteroatoms. The summed E-state index contributed by atoms with van der Waals surface area (Å²) in [6.07, 6.45) is 1.56. The number of aryl methyl sites for hydroxylation is 2. The summed E-state index contributed by atoms with van der Waals surface area (Å²) in [5.41, 5.74) is 8.44. The third kappa shape index (κ3) is 13.7. The van der Waals surface area contributed by atoms with Crippen LogP contribution in [0.25, 0.3) is 28.5 Å². The van der Waals surface area contributed by atoms with Gasteiger partial charge in [-0.3, -0.25) is 9.69 Å². The minimum Gasteiger partial charge on any atom is -0.493 e. The molecule has 0 radical (unpaired) electrons. The number of carbonyl (C=O) groups is 3. The Bertz CT molecular complexity index is 2970. The van der Waals surface area contributed by atoms with E-state index in [9.17, 15) is 19.5 Å². The summed E-state index contributed by atoms with van der Waals surface area (Å²) in [5.74, 6) is 2.77. The zero-order chi connectivity index (χ0) is 51.1. The standard InChI is InChI=1S/C31H30N2O4.C28H32N2O6/c1-22-29(32-30(37-22)24-12-7-4-8-13-24)16-17-36-26-15-9-14-25(18-26)27-20-33(21-28(27)31(34)35-2)19-23-10-5-3-6-11-23;1-3-13-35-28(33)30-17-22(16-26(31)32)24(18-30)21-10-7-11-23(15-21)34-14-12-25-19(2)36-27(29-25)20-8-5-4-6-9-20/h3-15,18H,16-17,19-21H2,1-2H3;4-11,15,22,24H,3,12-14,16-18H2,1-2H3,(H,31,32)/t;22-,24?/m.1/s1. The average Bonchev–Trinajstić information content (AvgIpc) is 4.22. The van der Waals surface area contributed by atoms with E-state index in [0.717, 1.165) is 69.5 Å². The van der Waals surface area contributed by atoms with Crippen molar-refractivity contribution in [1.82, 2.24) is 19.8 Å². The predicted molar refractivity (Wildman–Crippen MR) is 277 cm³/mol. The number of carbonyl (C=O) groups excluding carboxylic acids is 2. The van der Waals surface area contributed by atoms with Crippen LogP contribution in [0.4, 0.5) is 4.79 Å². The van der Waals surface area contributed by atoms with Crippen molar-refractivity contribution >= 4 is 23.6 Å². The lowest BCUT2D eigenvalue weighted by Crippen LogP contribution is -2.30. The second-order valence-corrected chi connectivity index (χ2v) is 18.1. The van der Waals surface area contributed by atoms with Gasteiger partial charge < -0.3 is 37.8 Å². The molecular weight excluding hydrogens is 925 g/mol. The van der Waals surface area contributed by atoms with Crippen LogP contribution in [0.15, 0.2) is 154 Å². The van der Waals surface area contributed by atoms with Crippen LogP contribution >= 0.6 is 0 Å². The van der Waals surface area contributed by atoms with Gasteiger partial charge in [-0.1, -0.05) is 97.9 Å². The fourth-order valence-electron chi connectivity index (χ4n) is 9.20. The van der Waals surface area contributed by atoms with Gasteiger partial charge >= 0.3 is 18.0 Å². The zero-order valence-electron chi connectivity index (χ0n) is 41.8. The van der Waals surface area contributed by atoms with E-state index in [1.807, 2.05) is 148 Å². The quantitative estimate of drug-likeness (QED) is 0.0761. The number of carboxylic acids is 1. The van der Waals surface area contributed by atoms with Crippen molar-refractivity contribution in [3.63, 3.8) is 0 Å². The molecule has 2 aromatic heterocycles. The molecule has 378 valence electrons. The maximum absolute atomic E-state index is 12.6. The van der Waals surface area contributed by atoms with Crippen molar-refractivity contribution in [1.29, 1.82) is 0 Å². The molecule has 5 aromatic carbocycles. The van der Waals surface area contributed by atoms with Crippen molar-refractivity contribution in [2.24, 2.45) is 5.92 Å². The lowest BCUT2D eigenvalue weighted by atomic mass is 9.87. The van der Waals surface area contributed by atoms with Gasteiger partial charge in [0, 0.05) is 62.6 Å². The van der Waals surface area contributed by atoms with E-state index in [4.69, 9.17) is 27.8 Å². The minimum absolute atomic E-state index is 0.0114. The summed E-state index contributed by atoms with van der Waals surface area (Å²) in [7, 11) is 1.43. The molecule has 9 rings (SSSR count). The predicted octanol–water partition coefficient (Wildman–Crippen LogP) is 11.0. The number of aromatic nitrogens is 2. The monoisotopic (exact) mass is 986 g/mol. The van der Waals surface area contributed by atoms with Crippen LogP contribution in [-0.4, -0.2) is 96.0 Å². The second-order valence-electron chi connectivity index (χ2n) is 18.1. The van der Waals surface area contributed by atoms with Crippen molar-refractivity contribution < 1.29 is 47.3 Å². The maximum atomic E-state index is 12.6. The van der Waals surface area contributed by atoms with Gasteiger partial charge in [0.15, 0.2) is 0 Å². The lowest BCUT2D eigenvalue weighted by molar-refractivity contribution is -0.138. The first kappa shape index (κ1) is 51.4. The Morgan fingerprint density at radius 1 is 0.671 bits per heavy atom. The van der Waals surface area contributed by atoms with Gasteiger partial charge in [0.2, 0.25) is 11.8 Å². The van der Waals surface area contributed by atoms with E-state index in [-0.39, 0.29) is 30.3 Å². The molecule has 0 bridgehead atoms. The van der Waals surface area contributed by atoms with E-state index in [1.54, 1.807) is 4.90 Å². The number of oxazole rings is 2. The molecule has 1 unspecified atom stereocenters. The highest BCUT2D eigenvalue weighted by atomic mass is 16.6. The van der Waals surface area contributed by atoms with Crippen LogP contribution in [0.1, 0.15) is 65.3 Å². The summed E-state index contributed by atoms with van der Waals surface area (Å²) in [6.45, 7) is 9.77. The number of methoxy groups -OCH3 is 1. The fourth-order valence-corrected chi connectivity index (χ4v) is 9.20. The highest BCUT2D eigenvalue weighted by Gasteiger charge is 2.38. The largest absolute Gasteiger partial charge is 0.493 e. The molecule has 1 fully saturated rings. The molecule has 2 aliphatic rings. The van der Waals surface area contributed by atoms with Crippen molar-refractivity contribution in [3.8, 4) is 34.4 Å². The molecule has 1 saturated heterocycles. The Labute approximate surface area is 426 Å². The van der Waals surface area contributed by atoms with Gasteiger partial charge in [0.1, 0.15) is 23.0 Å². The smallest absolute Gasteiger partial charge is 0.409 e. The number of esters is 1. The van der Waals surface area contributed by atoms with Crippen LogP contribution in [0, 0.1) is 19.8 Å². The van der Waals surface area contributed by atoms with E-state index in [2.05, 4.69) is 27.0 Å². The number of likely N-dealkylation sites (tertiary alicyclic amines) is 1. The van der Waals surface area contributed by atoms with Gasteiger partial charge in [-0.15, -0.1) is 0 Å². The Morgan fingerprint density at radius 3 is 1.81 bits per heavy atom. The number of benzene rings is 5. The Morgan fingerprint density at radius 2 is 1.23 bits per heavy atom. The van der Waals surface area contributed by atoms with Crippen LogP contribution in [0.5, 0.6) is 11.5 Å². The lowest BCUT2D eigenvalue weighted by Gasteiger charge is -2.18. The molecule has 4 heterocycles. The van der Waals surface area contributed by atoms with Crippen molar-refractivity contribution in [2.75, 3.05) is 53.1 Å². The number of rotatable bonds is 19. The van der Waals surface area contributed by atoms with Gasteiger partial charge in [0.05, 0.1) is 50.3 Å². The average molecular weight is 987 g/mol. The number of nitrogens with zero attached hydrogens (tertiary/aromatic N) is 4. The van der Waals surface area contributed by atoms with Crippen LogP contribution < -0.4 is 9.47 Å². The highest BCUT2D eigenvalue weighted by Crippen LogP contribution is 2.37. The van der Waals surface area contributed by atoms with E-state index in [1.165, 1.54) is 12.7 Å². The number of aliphatic carboxylic acids is 1. The topological polar surface area (TPSA) is 167 Å². The minimum atomic E-state index is -0.876. The first-order valence-electron chi connectivity index (χ1n) is 24.7. The summed E-state index contributed by atoms with van der Waals surface area (Å²) in [6, 6.07) is 45.5. The van der Waals surface area contributed by atoms with Gasteiger partial charge in [-0.25, -0.2) is 19.6 Å². The first-order valence-corrected chi connectivity index (χ1v) is 24.7. The zero-order valence-corrected chi connectivity index (χ0v) is 41.8. The van der Waals surface area contributed by atoms with Gasteiger partial charge in [-0.05, 0) is 97.0 Å². The van der Waals surface area contributed by atoms with Gasteiger partial charge in [-0.2, -0.15) is 0 Å². The Hall–Kier alpha value is -7.97. The van der Waals surface area contributed by atoms with Gasteiger partial charge in [0.25, 0.3) is 0 Å². The summed E-state index contributed by atoms with van der Waals surface area (Å²) in [5, 5.41) is 9.41. The second kappa shape index (κ2) is 24.9. The molecule has 1 N–H and O–H groups in total. The highest BCUT2D eigenvalue weighted by molar-refractivity contribution is 5.99. The van der Waals surface area contributed by atoms with Crippen LogP contribution in [0.3, 0.4) is 0 Å². The molecule has 7 aromatic rings. The summed E-state index contributed by atoms with van der Waals surface area (Å²) >= 11 is 0. The Balaban J connectivity index is 0.000000195. The summed E-state index contributed by atoms with van der Waals surface area (Å²) < 4.78 is 34.2. The van der Waals surface area contributed by atoms with Crippen molar-refractivity contribution in [2.45, 2.75) is 58.9 Å². The SMILES string of the molecule is CCCOC(=O)N1CC(c2cccc(OCCc3nc(-c4ccccc4)oc3C)c2)[C@H](CC(=O)O)C1.COC(=O)C1=C(c2cccc(OCCc3nc(-c4ccccc4)oc3C)c2)CN(Cc2ccccc2)C1. The molecule has 1 amide bonds. The molecule has 0 saturated carbocycles. The summed E-state index contributed by atoms with van der Waals surface area (Å²) in [4.78, 5) is 49.6. The number of carboxylic acid groups (broad SMARTS) is 1. The van der Waals surface area contributed by atoms with Crippen LogP contribution in [-0.2, 0) is 38.4 Å². The van der Waals surface area contributed by atoms with E-state index < -0.39 is 5.97 Å². The third-order valence-electron chi connectivity index (χ3n) is 12.9. The third-order valence-corrected chi connectivity index (χ3v) is 12.9. The molecule has 0 aliphatic carbocycles. The normalized spacial score (nSPS) is 15.4. The van der Waals surface area contributed by atoms with E-state index in [0.29, 0.717) is 81.9 Å². The number of ether oxygens (including phenoxy) is 4. The van der Waals surface area contributed by atoms with Crippen molar-refractivity contribution in [3.05, 3.63) is 185 Å². The number of hydrogen-bond acceptors (Lipinski definition) is 12. The van der Waals surface area contributed by atoms with Crippen LogP contribution in [0.2, 0.25) is 0 Å². The van der Waals surface area contributed by atoms with E-state index >= 15 is 0 Å². The molecule has 0 spiro atoms. The molecule has 2 aliphatic heterocycles. The number of hydrogen-bond donors (Lipinski definition) is 1.